The Morgan fingerprint density at radius 2 is 2.04 bits per heavy atom. The van der Waals surface area contributed by atoms with Crippen molar-refractivity contribution in [2.24, 2.45) is 4.99 Å². The number of aliphatic imine (C=N–C) groups is 1. The van der Waals surface area contributed by atoms with Gasteiger partial charge < -0.3 is 20.9 Å². The topological polar surface area (TPSA) is 77.5 Å². The Labute approximate surface area is 164 Å². The molecular weight excluding hydrogens is 371 g/mol. The summed E-state index contributed by atoms with van der Waals surface area (Å²) in [6.45, 7) is 6.40. The molecule has 0 amide bonds. The van der Waals surface area contributed by atoms with Crippen molar-refractivity contribution in [2.45, 2.75) is 44.8 Å². The van der Waals surface area contributed by atoms with Crippen molar-refractivity contribution in [1.29, 1.82) is 0 Å². The monoisotopic (exact) mass is 401 g/mol. The number of anilines is 1. The van der Waals surface area contributed by atoms with E-state index in [0.717, 1.165) is 38.2 Å². The van der Waals surface area contributed by atoms with Gasteiger partial charge in [-0.05, 0) is 31.9 Å². The third-order valence-corrected chi connectivity index (χ3v) is 4.63. The van der Waals surface area contributed by atoms with Crippen LogP contribution in [0.4, 0.5) is 19.1 Å². The van der Waals surface area contributed by atoms with Crippen LogP contribution < -0.4 is 16.0 Å². The standard InChI is InChI=1S/C18H30F3N7/c1-3-4-11-28-12-6-14(7-13-28)26-16(22-2)24-9-10-25-17-23-8-5-15(27-17)18(19,20)21/h5,8,14H,3-4,6-7,9-13H2,1-2H3,(H2,22,24,26)(H,23,25,27). The van der Waals surface area contributed by atoms with E-state index in [-0.39, 0.29) is 5.95 Å². The molecule has 1 aliphatic rings. The summed E-state index contributed by atoms with van der Waals surface area (Å²) in [7, 11) is 1.70. The SMILES string of the molecule is CCCCN1CCC(NC(=NC)NCCNc2nccc(C(F)(F)F)n2)CC1. The summed E-state index contributed by atoms with van der Waals surface area (Å²) in [5.74, 6) is 0.651. The van der Waals surface area contributed by atoms with Crippen LogP contribution in [0.15, 0.2) is 17.3 Å². The zero-order valence-electron chi connectivity index (χ0n) is 16.5. The fourth-order valence-corrected chi connectivity index (χ4v) is 3.03. The van der Waals surface area contributed by atoms with Crippen molar-refractivity contribution in [3.63, 3.8) is 0 Å². The summed E-state index contributed by atoms with van der Waals surface area (Å²) in [6.07, 6.45) is 1.22. The molecule has 0 unspecified atom stereocenters. The van der Waals surface area contributed by atoms with Crippen molar-refractivity contribution in [1.82, 2.24) is 25.5 Å². The number of alkyl halides is 3. The van der Waals surface area contributed by atoms with Crippen LogP contribution in [-0.4, -0.2) is 66.6 Å². The number of likely N-dealkylation sites (tertiary alicyclic amines) is 1. The normalized spacial score (nSPS) is 16.8. The number of nitrogens with zero attached hydrogens (tertiary/aromatic N) is 4. The average Bonchev–Trinajstić information content (AvgIpc) is 2.69. The zero-order chi connectivity index (χ0) is 20.4. The second-order valence-electron chi connectivity index (χ2n) is 6.80. The molecule has 0 atom stereocenters. The first kappa shape index (κ1) is 22.2. The minimum absolute atomic E-state index is 0.0426. The summed E-state index contributed by atoms with van der Waals surface area (Å²) < 4.78 is 38.0. The summed E-state index contributed by atoms with van der Waals surface area (Å²) in [4.78, 5) is 14.0. The molecule has 0 radical (unpaired) electrons. The average molecular weight is 401 g/mol. The Hall–Kier alpha value is -2.10. The maximum absolute atomic E-state index is 12.7. The lowest BCUT2D eigenvalue weighted by atomic mass is 10.0. The van der Waals surface area contributed by atoms with Crippen LogP contribution in [0.3, 0.4) is 0 Å². The molecule has 0 saturated carbocycles. The molecule has 28 heavy (non-hydrogen) atoms. The van der Waals surface area contributed by atoms with Gasteiger partial charge in [-0.15, -0.1) is 0 Å². The van der Waals surface area contributed by atoms with Gasteiger partial charge >= 0.3 is 6.18 Å². The number of hydrogen-bond donors (Lipinski definition) is 3. The molecule has 0 spiro atoms. The molecule has 3 N–H and O–H groups in total. The number of aromatic nitrogens is 2. The maximum atomic E-state index is 12.7. The Morgan fingerprint density at radius 3 is 2.68 bits per heavy atom. The van der Waals surface area contributed by atoms with Gasteiger partial charge in [0.2, 0.25) is 5.95 Å². The molecule has 1 saturated heterocycles. The predicted molar refractivity (Wildman–Crippen MR) is 104 cm³/mol. The number of nitrogens with one attached hydrogen (secondary N) is 3. The quantitative estimate of drug-likeness (QED) is 0.353. The first-order chi connectivity index (χ1) is 13.4. The van der Waals surface area contributed by atoms with Crippen LogP contribution in [0, 0.1) is 0 Å². The molecule has 1 aromatic heterocycles. The largest absolute Gasteiger partial charge is 0.433 e. The smallest absolute Gasteiger partial charge is 0.355 e. The van der Waals surface area contributed by atoms with E-state index in [9.17, 15) is 13.2 Å². The van der Waals surface area contributed by atoms with Gasteiger partial charge in [-0.1, -0.05) is 13.3 Å². The summed E-state index contributed by atoms with van der Waals surface area (Å²) in [5.41, 5.74) is -0.958. The molecule has 1 fully saturated rings. The van der Waals surface area contributed by atoms with Gasteiger partial charge in [-0.3, -0.25) is 4.99 Å². The van der Waals surface area contributed by atoms with Gasteiger partial charge in [0, 0.05) is 45.5 Å². The van der Waals surface area contributed by atoms with Crippen molar-refractivity contribution in [3.05, 3.63) is 18.0 Å². The first-order valence-electron chi connectivity index (χ1n) is 9.76. The fraction of sp³-hybridized carbons (Fsp3) is 0.722. The lowest BCUT2D eigenvalue weighted by molar-refractivity contribution is -0.141. The van der Waals surface area contributed by atoms with E-state index < -0.39 is 11.9 Å². The highest BCUT2D eigenvalue weighted by Gasteiger charge is 2.32. The summed E-state index contributed by atoms with van der Waals surface area (Å²) >= 11 is 0. The Kier molecular flexibility index (Phi) is 8.75. The number of piperidine rings is 1. The van der Waals surface area contributed by atoms with E-state index in [2.05, 4.69) is 42.7 Å². The van der Waals surface area contributed by atoms with E-state index >= 15 is 0 Å². The van der Waals surface area contributed by atoms with Gasteiger partial charge in [0.05, 0.1) is 0 Å². The maximum Gasteiger partial charge on any atom is 0.433 e. The van der Waals surface area contributed by atoms with Crippen molar-refractivity contribution >= 4 is 11.9 Å². The van der Waals surface area contributed by atoms with Gasteiger partial charge in [-0.25, -0.2) is 9.97 Å². The second kappa shape index (κ2) is 11.0. The number of unbranched alkanes of at least 4 members (excludes halogenated alkanes) is 1. The summed E-state index contributed by atoms with van der Waals surface area (Å²) in [6, 6.07) is 1.23. The lowest BCUT2D eigenvalue weighted by Gasteiger charge is -2.33. The summed E-state index contributed by atoms with van der Waals surface area (Å²) in [5, 5.41) is 9.37. The van der Waals surface area contributed by atoms with Crippen molar-refractivity contribution in [2.75, 3.05) is 45.1 Å². The Bertz CT molecular complexity index is 613. The first-order valence-corrected chi connectivity index (χ1v) is 9.76. The van der Waals surface area contributed by atoms with E-state index in [1.54, 1.807) is 7.05 Å². The van der Waals surface area contributed by atoms with Gasteiger partial charge in [0.25, 0.3) is 0 Å². The van der Waals surface area contributed by atoms with E-state index in [0.29, 0.717) is 25.1 Å². The molecule has 158 valence electrons. The minimum atomic E-state index is -4.48. The van der Waals surface area contributed by atoms with Crippen LogP contribution in [0.5, 0.6) is 0 Å². The Balaban J connectivity index is 1.68. The van der Waals surface area contributed by atoms with Crippen molar-refractivity contribution in [3.8, 4) is 0 Å². The molecule has 7 nitrogen and oxygen atoms in total. The fourth-order valence-electron chi connectivity index (χ4n) is 3.03. The Morgan fingerprint density at radius 1 is 1.29 bits per heavy atom. The van der Waals surface area contributed by atoms with Crippen molar-refractivity contribution < 1.29 is 13.2 Å². The zero-order valence-corrected chi connectivity index (χ0v) is 16.5. The third kappa shape index (κ3) is 7.49. The second-order valence-corrected chi connectivity index (χ2v) is 6.80. The number of guanidine groups is 1. The molecule has 2 heterocycles. The predicted octanol–water partition coefficient (Wildman–Crippen LogP) is 2.34. The van der Waals surface area contributed by atoms with Crippen LogP contribution in [0.25, 0.3) is 0 Å². The highest BCUT2D eigenvalue weighted by molar-refractivity contribution is 5.80. The van der Waals surface area contributed by atoms with E-state index in [4.69, 9.17) is 0 Å². The van der Waals surface area contributed by atoms with Crippen LogP contribution in [0.2, 0.25) is 0 Å². The molecule has 0 aromatic carbocycles. The van der Waals surface area contributed by atoms with Gasteiger partial charge in [-0.2, -0.15) is 13.2 Å². The number of hydrogen-bond acceptors (Lipinski definition) is 5. The highest BCUT2D eigenvalue weighted by Crippen LogP contribution is 2.27. The van der Waals surface area contributed by atoms with Gasteiger partial charge in [0.15, 0.2) is 5.96 Å². The van der Waals surface area contributed by atoms with E-state index in [1.807, 2.05) is 0 Å². The molecule has 1 aromatic rings. The lowest BCUT2D eigenvalue weighted by Crippen LogP contribution is -2.49. The molecular formula is C18H30F3N7. The van der Waals surface area contributed by atoms with Crippen LogP contribution >= 0.6 is 0 Å². The minimum Gasteiger partial charge on any atom is -0.355 e. The molecule has 10 heteroatoms. The highest BCUT2D eigenvalue weighted by atomic mass is 19.4. The van der Waals surface area contributed by atoms with E-state index in [1.165, 1.54) is 19.4 Å². The molecule has 2 rings (SSSR count). The van der Waals surface area contributed by atoms with Crippen LogP contribution in [-0.2, 0) is 6.18 Å². The number of halogens is 3. The third-order valence-electron chi connectivity index (χ3n) is 4.63. The molecule has 0 bridgehead atoms. The van der Waals surface area contributed by atoms with Gasteiger partial charge in [0.1, 0.15) is 5.69 Å². The number of rotatable bonds is 8. The molecule has 1 aliphatic heterocycles. The van der Waals surface area contributed by atoms with Crippen LogP contribution in [0.1, 0.15) is 38.3 Å². The molecule has 0 aliphatic carbocycles.